The smallest absolute Gasteiger partial charge is 0.252 e. The number of nitrogens with zero attached hydrogens (tertiary/aromatic N) is 3. The third kappa shape index (κ3) is 4.87. The number of carbonyl (C=O) groups excluding carboxylic acids is 1. The summed E-state index contributed by atoms with van der Waals surface area (Å²) in [6.45, 7) is 0.774. The van der Waals surface area contributed by atoms with Crippen molar-refractivity contribution in [1.29, 1.82) is 0 Å². The van der Waals surface area contributed by atoms with E-state index in [1.807, 2.05) is 24.3 Å². The zero-order chi connectivity index (χ0) is 17.5. The number of aromatic nitrogens is 4. The molecule has 0 bridgehead atoms. The molecule has 2 N–H and O–H groups in total. The minimum Gasteiger partial charge on any atom is -0.375 e. The molecule has 0 radical (unpaired) electrons. The molecule has 0 aliphatic rings. The fourth-order valence-electron chi connectivity index (χ4n) is 2.52. The van der Waals surface area contributed by atoms with Gasteiger partial charge in [0, 0.05) is 32.9 Å². The normalized spacial score (nSPS) is 11.1. The second-order valence-electron chi connectivity index (χ2n) is 5.69. The first kappa shape index (κ1) is 17.1. The highest BCUT2D eigenvalue weighted by molar-refractivity contribution is 5.76. The Bertz CT molecular complexity index is 793. The van der Waals surface area contributed by atoms with Gasteiger partial charge in [0.1, 0.15) is 12.4 Å². The van der Waals surface area contributed by atoms with E-state index in [1.54, 1.807) is 7.11 Å². The molecule has 8 nitrogen and oxygen atoms in total. The summed E-state index contributed by atoms with van der Waals surface area (Å²) in [5.74, 6) is 1.92. The number of imidazole rings is 1. The summed E-state index contributed by atoms with van der Waals surface area (Å²) < 4.78 is 9.90. The Morgan fingerprint density at radius 2 is 2.16 bits per heavy atom. The maximum absolute atomic E-state index is 11.9. The predicted octanol–water partition coefficient (Wildman–Crippen LogP) is 1.77. The highest BCUT2D eigenvalue weighted by Crippen LogP contribution is 2.11. The van der Waals surface area contributed by atoms with Crippen LogP contribution in [0.15, 0.2) is 28.8 Å². The van der Waals surface area contributed by atoms with E-state index < -0.39 is 0 Å². The van der Waals surface area contributed by atoms with Gasteiger partial charge in [-0.2, -0.15) is 4.98 Å². The summed E-state index contributed by atoms with van der Waals surface area (Å²) in [6.07, 6.45) is 2.47. The van der Waals surface area contributed by atoms with Crippen molar-refractivity contribution in [1.82, 2.24) is 25.4 Å². The lowest BCUT2D eigenvalue weighted by atomic mass is 10.2. The number of aryl methyl sites for hydroxylation is 1. The second-order valence-corrected chi connectivity index (χ2v) is 5.69. The zero-order valence-electron chi connectivity index (χ0n) is 14.1. The highest BCUT2D eigenvalue weighted by atomic mass is 16.5. The summed E-state index contributed by atoms with van der Waals surface area (Å²) in [5.41, 5.74) is 1.98. The van der Waals surface area contributed by atoms with Gasteiger partial charge in [-0.05, 0) is 18.6 Å². The van der Waals surface area contributed by atoms with E-state index in [0.29, 0.717) is 37.7 Å². The Morgan fingerprint density at radius 1 is 1.28 bits per heavy atom. The third-order valence-corrected chi connectivity index (χ3v) is 3.70. The highest BCUT2D eigenvalue weighted by Gasteiger charge is 2.08. The number of methoxy groups -OCH3 is 1. The van der Waals surface area contributed by atoms with Gasteiger partial charge < -0.3 is 19.6 Å². The number of H-pyrrole nitrogens is 1. The summed E-state index contributed by atoms with van der Waals surface area (Å²) in [7, 11) is 1.56. The molecule has 0 spiro atoms. The van der Waals surface area contributed by atoms with Crippen LogP contribution < -0.4 is 5.32 Å². The van der Waals surface area contributed by atoms with Gasteiger partial charge >= 0.3 is 0 Å². The van der Waals surface area contributed by atoms with Gasteiger partial charge in [0.05, 0.1) is 11.0 Å². The summed E-state index contributed by atoms with van der Waals surface area (Å²) in [5, 5.41) is 6.69. The molecule has 0 saturated heterocycles. The molecule has 132 valence electrons. The number of rotatable bonds is 9. The van der Waals surface area contributed by atoms with Crippen LogP contribution in [0.2, 0.25) is 0 Å². The standard InChI is InChI=1S/C17H21N5O3/c1-24-11-17-21-15(22-25-17)9-10-18-16(23)8-4-7-14-19-12-5-2-3-6-13(12)20-14/h2-3,5-6H,4,7-11H2,1H3,(H,18,23)(H,19,20). The van der Waals surface area contributed by atoms with Gasteiger partial charge in [0.15, 0.2) is 5.82 Å². The zero-order valence-corrected chi connectivity index (χ0v) is 14.1. The quantitative estimate of drug-likeness (QED) is 0.613. The van der Waals surface area contributed by atoms with E-state index >= 15 is 0 Å². The molecule has 2 heterocycles. The lowest BCUT2D eigenvalue weighted by Crippen LogP contribution is -2.25. The minimum absolute atomic E-state index is 0.0109. The van der Waals surface area contributed by atoms with Crippen LogP contribution in [0.5, 0.6) is 0 Å². The molecule has 3 rings (SSSR count). The first-order valence-electron chi connectivity index (χ1n) is 8.25. The van der Waals surface area contributed by atoms with E-state index in [0.717, 1.165) is 29.7 Å². The molecule has 2 aromatic heterocycles. The van der Waals surface area contributed by atoms with E-state index in [1.165, 1.54) is 0 Å². The third-order valence-electron chi connectivity index (χ3n) is 3.70. The monoisotopic (exact) mass is 343 g/mol. The number of para-hydroxylation sites is 2. The molecule has 0 saturated carbocycles. The molecular weight excluding hydrogens is 322 g/mol. The van der Waals surface area contributed by atoms with Crippen LogP contribution in [0.3, 0.4) is 0 Å². The molecule has 1 aromatic carbocycles. The SMILES string of the molecule is COCc1nc(CCNC(=O)CCCc2nc3ccccc3[nH]2)no1. The van der Waals surface area contributed by atoms with Gasteiger partial charge in [-0.15, -0.1) is 0 Å². The number of hydrogen-bond acceptors (Lipinski definition) is 6. The molecule has 0 atom stereocenters. The van der Waals surface area contributed by atoms with Gasteiger partial charge in [-0.3, -0.25) is 4.79 Å². The molecule has 0 aliphatic heterocycles. The lowest BCUT2D eigenvalue weighted by molar-refractivity contribution is -0.121. The van der Waals surface area contributed by atoms with Crippen LogP contribution in [-0.4, -0.2) is 39.7 Å². The minimum atomic E-state index is 0.0109. The van der Waals surface area contributed by atoms with Gasteiger partial charge in [-0.25, -0.2) is 4.98 Å². The maximum atomic E-state index is 11.9. The average molecular weight is 343 g/mol. The molecule has 8 heteroatoms. The summed E-state index contributed by atoms with van der Waals surface area (Å²) in [4.78, 5) is 23.8. The molecule has 0 aliphatic carbocycles. The Kier molecular flexibility index (Phi) is 5.73. The predicted molar refractivity (Wildman–Crippen MR) is 90.8 cm³/mol. The van der Waals surface area contributed by atoms with Gasteiger partial charge in [0.2, 0.25) is 5.91 Å². The number of carbonyl (C=O) groups is 1. The number of ether oxygens (including phenoxy) is 1. The number of nitrogens with one attached hydrogen (secondary N) is 2. The first-order chi connectivity index (χ1) is 12.2. The molecule has 0 fully saturated rings. The molecule has 0 unspecified atom stereocenters. The number of benzene rings is 1. The Hall–Kier alpha value is -2.74. The van der Waals surface area contributed by atoms with Gasteiger partial charge in [0.25, 0.3) is 5.89 Å². The Labute approximate surface area is 145 Å². The van der Waals surface area contributed by atoms with Crippen molar-refractivity contribution in [3.8, 4) is 0 Å². The van der Waals surface area contributed by atoms with Crippen LogP contribution >= 0.6 is 0 Å². The summed E-state index contributed by atoms with van der Waals surface area (Å²) in [6, 6.07) is 7.90. The van der Waals surface area contributed by atoms with Crippen LogP contribution in [-0.2, 0) is 29.0 Å². The largest absolute Gasteiger partial charge is 0.375 e. The first-order valence-corrected chi connectivity index (χ1v) is 8.25. The van der Waals surface area contributed by atoms with Crippen molar-refractivity contribution in [3.05, 3.63) is 41.8 Å². The van der Waals surface area contributed by atoms with E-state index in [4.69, 9.17) is 9.26 Å². The van der Waals surface area contributed by atoms with Crippen molar-refractivity contribution in [2.45, 2.75) is 32.3 Å². The number of aromatic amines is 1. The van der Waals surface area contributed by atoms with Crippen molar-refractivity contribution in [3.63, 3.8) is 0 Å². The molecular formula is C17H21N5O3. The van der Waals surface area contributed by atoms with Crippen molar-refractivity contribution in [2.75, 3.05) is 13.7 Å². The fourth-order valence-corrected chi connectivity index (χ4v) is 2.52. The van der Waals surface area contributed by atoms with Crippen LogP contribution in [0.1, 0.15) is 30.4 Å². The van der Waals surface area contributed by atoms with E-state index in [9.17, 15) is 4.79 Å². The van der Waals surface area contributed by atoms with Crippen LogP contribution in [0.25, 0.3) is 11.0 Å². The second kappa shape index (κ2) is 8.39. The van der Waals surface area contributed by atoms with Crippen molar-refractivity contribution >= 4 is 16.9 Å². The Balaban J connectivity index is 1.35. The van der Waals surface area contributed by atoms with Gasteiger partial charge in [-0.1, -0.05) is 17.3 Å². The number of amides is 1. The van der Waals surface area contributed by atoms with E-state index in [-0.39, 0.29) is 5.91 Å². The Morgan fingerprint density at radius 3 is 3.00 bits per heavy atom. The summed E-state index contributed by atoms with van der Waals surface area (Å²) >= 11 is 0. The molecule has 25 heavy (non-hydrogen) atoms. The van der Waals surface area contributed by atoms with Crippen LogP contribution in [0, 0.1) is 0 Å². The topological polar surface area (TPSA) is 106 Å². The fraction of sp³-hybridized carbons (Fsp3) is 0.412. The average Bonchev–Trinajstić information content (AvgIpc) is 3.21. The van der Waals surface area contributed by atoms with Crippen molar-refractivity contribution < 1.29 is 14.1 Å². The molecule has 1 amide bonds. The number of hydrogen-bond donors (Lipinski definition) is 2. The molecule has 3 aromatic rings. The van der Waals surface area contributed by atoms with Crippen molar-refractivity contribution in [2.24, 2.45) is 0 Å². The van der Waals surface area contributed by atoms with Crippen LogP contribution in [0.4, 0.5) is 0 Å². The maximum Gasteiger partial charge on any atom is 0.252 e. The van der Waals surface area contributed by atoms with E-state index in [2.05, 4.69) is 25.4 Å². The lowest BCUT2D eigenvalue weighted by Gasteiger charge is -2.02. The number of fused-ring (bicyclic) bond motifs is 1.